The molecule has 1 aromatic carbocycles. The molecule has 1 saturated heterocycles. The molecule has 5 rings (SSSR count). The van der Waals surface area contributed by atoms with E-state index in [1.807, 2.05) is 12.1 Å². The number of nitrogens with zero attached hydrogens (tertiary/aromatic N) is 5. The van der Waals surface area contributed by atoms with Crippen molar-refractivity contribution >= 4 is 11.7 Å². The van der Waals surface area contributed by atoms with E-state index in [-0.39, 0.29) is 35.3 Å². The van der Waals surface area contributed by atoms with Gasteiger partial charge in [-0.15, -0.1) is 0 Å². The number of nitriles is 1. The van der Waals surface area contributed by atoms with E-state index < -0.39 is 5.82 Å². The summed E-state index contributed by atoms with van der Waals surface area (Å²) in [5.74, 6) is -0.0300. The van der Waals surface area contributed by atoms with Crippen LogP contribution in [0.5, 0.6) is 0 Å². The maximum Gasteiger partial charge on any atom is 0.255 e. The zero-order valence-corrected chi connectivity index (χ0v) is 16.7. The number of benzene rings is 1. The van der Waals surface area contributed by atoms with Crippen molar-refractivity contribution in [1.82, 2.24) is 20.1 Å². The number of halogens is 1. The molecule has 0 spiro atoms. The molecule has 1 amide bonds. The molecule has 4 heterocycles. The van der Waals surface area contributed by atoms with E-state index in [2.05, 4.69) is 20.3 Å². The van der Waals surface area contributed by atoms with E-state index in [9.17, 15) is 14.4 Å². The number of piperidine rings is 1. The predicted molar refractivity (Wildman–Crippen MR) is 112 cm³/mol. The van der Waals surface area contributed by atoms with Crippen LogP contribution in [0.4, 0.5) is 10.2 Å². The van der Waals surface area contributed by atoms with Crippen molar-refractivity contribution in [2.24, 2.45) is 5.73 Å². The number of carbonyl (C=O) groups excluding carboxylic acids is 1. The number of carbonyl (C=O) groups is 1. The smallest absolute Gasteiger partial charge is 0.255 e. The fourth-order valence-electron chi connectivity index (χ4n) is 4.23. The van der Waals surface area contributed by atoms with Crippen LogP contribution in [0.15, 0.2) is 36.5 Å². The number of nitrogens with one attached hydrogen (secondary N) is 1. The van der Waals surface area contributed by atoms with Crippen molar-refractivity contribution in [2.75, 3.05) is 18.0 Å². The molecule has 31 heavy (non-hydrogen) atoms. The zero-order valence-electron chi connectivity index (χ0n) is 16.7. The number of amides is 1. The topological polar surface area (TPSA) is 113 Å². The van der Waals surface area contributed by atoms with Crippen LogP contribution in [-0.2, 0) is 6.54 Å². The summed E-state index contributed by atoms with van der Waals surface area (Å²) in [5.41, 5.74) is 8.08. The fraction of sp³-hybridized carbons (Fsp3) is 0.273. The highest BCUT2D eigenvalue weighted by Crippen LogP contribution is 2.31. The lowest BCUT2D eigenvalue weighted by molar-refractivity contribution is 0.0965. The SMILES string of the molecule is N#Cc1cccc(F)c1-c1cc(-n2ccc(N3CCC[C@@H](N)C3)n2)c2c(n1)CNC2=O. The summed E-state index contributed by atoms with van der Waals surface area (Å²) in [6.07, 6.45) is 3.75. The predicted octanol–water partition coefficient (Wildman–Crippen LogP) is 2.12. The first-order valence-corrected chi connectivity index (χ1v) is 10.1. The molecule has 2 aliphatic rings. The Morgan fingerprint density at radius 3 is 2.97 bits per heavy atom. The number of hydrogen-bond acceptors (Lipinski definition) is 6. The lowest BCUT2D eigenvalue weighted by Gasteiger charge is -2.30. The molecule has 0 saturated carbocycles. The summed E-state index contributed by atoms with van der Waals surface area (Å²) in [7, 11) is 0. The van der Waals surface area contributed by atoms with Crippen LogP contribution in [0.25, 0.3) is 16.9 Å². The van der Waals surface area contributed by atoms with Gasteiger partial charge in [0.1, 0.15) is 5.82 Å². The van der Waals surface area contributed by atoms with Gasteiger partial charge in [-0.05, 0) is 31.0 Å². The van der Waals surface area contributed by atoms with Crippen LogP contribution in [0.1, 0.15) is 34.5 Å². The third-order valence-corrected chi connectivity index (χ3v) is 5.71. The van der Waals surface area contributed by atoms with Gasteiger partial charge in [-0.2, -0.15) is 10.4 Å². The van der Waals surface area contributed by atoms with E-state index in [0.717, 1.165) is 31.7 Å². The third kappa shape index (κ3) is 3.31. The molecule has 2 aliphatic heterocycles. The molecule has 8 nitrogen and oxygen atoms in total. The second-order valence-corrected chi connectivity index (χ2v) is 7.77. The summed E-state index contributed by atoms with van der Waals surface area (Å²) in [5, 5.41) is 16.9. The van der Waals surface area contributed by atoms with Crippen LogP contribution >= 0.6 is 0 Å². The van der Waals surface area contributed by atoms with Crippen LogP contribution < -0.4 is 16.0 Å². The van der Waals surface area contributed by atoms with Crippen molar-refractivity contribution < 1.29 is 9.18 Å². The standard InChI is InChI=1S/C22H20FN7O/c23-15-5-1-3-13(10-24)20(15)16-9-18(21-17(27-16)11-26-22(21)31)30-8-6-19(28-30)29-7-2-4-14(25)12-29/h1,3,5-6,8-9,14H,2,4,7,11-12,25H2,(H,26,31)/t14-/m1/s1. The largest absolute Gasteiger partial charge is 0.354 e. The van der Waals surface area contributed by atoms with Crippen molar-refractivity contribution in [3.05, 3.63) is 59.2 Å². The Kier molecular flexibility index (Phi) is 4.64. The summed E-state index contributed by atoms with van der Waals surface area (Å²) in [4.78, 5) is 19.1. The van der Waals surface area contributed by atoms with Crippen LogP contribution in [0.3, 0.4) is 0 Å². The molecule has 3 N–H and O–H groups in total. The lowest BCUT2D eigenvalue weighted by Crippen LogP contribution is -2.43. The van der Waals surface area contributed by atoms with Gasteiger partial charge in [0.15, 0.2) is 5.82 Å². The van der Waals surface area contributed by atoms with Crippen molar-refractivity contribution in [3.8, 4) is 23.0 Å². The van der Waals surface area contributed by atoms with Gasteiger partial charge < -0.3 is 16.0 Å². The number of rotatable bonds is 3. The van der Waals surface area contributed by atoms with Crippen molar-refractivity contribution in [2.45, 2.75) is 25.4 Å². The highest BCUT2D eigenvalue weighted by atomic mass is 19.1. The van der Waals surface area contributed by atoms with Crippen molar-refractivity contribution in [1.29, 1.82) is 5.26 Å². The molecular weight excluding hydrogens is 397 g/mol. The second kappa shape index (κ2) is 7.49. The van der Waals surface area contributed by atoms with E-state index in [0.29, 0.717) is 16.9 Å². The Labute approximate surface area is 178 Å². The maximum atomic E-state index is 14.7. The van der Waals surface area contributed by atoms with Gasteiger partial charge in [-0.3, -0.25) is 4.79 Å². The molecule has 3 aromatic rings. The molecule has 0 bridgehead atoms. The molecule has 9 heteroatoms. The van der Waals surface area contributed by atoms with E-state index >= 15 is 0 Å². The Morgan fingerprint density at radius 2 is 2.16 bits per heavy atom. The summed E-state index contributed by atoms with van der Waals surface area (Å²) in [6, 6.07) is 9.93. The maximum absolute atomic E-state index is 14.7. The zero-order chi connectivity index (χ0) is 21.5. The molecule has 0 aliphatic carbocycles. The average molecular weight is 417 g/mol. The van der Waals surface area contributed by atoms with Crippen LogP contribution in [-0.4, -0.2) is 39.8 Å². The van der Waals surface area contributed by atoms with Crippen LogP contribution in [0.2, 0.25) is 0 Å². The number of fused-ring (bicyclic) bond motifs is 1. The molecule has 1 atom stereocenters. The third-order valence-electron chi connectivity index (χ3n) is 5.71. The monoisotopic (exact) mass is 417 g/mol. The van der Waals surface area contributed by atoms with Gasteiger partial charge in [0.25, 0.3) is 5.91 Å². The highest BCUT2D eigenvalue weighted by Gasteiger charge is 2.28. The quantitative estimate of drug-likeness (QED) is 0.675. The van der Waals surface area contributed by atoms with Gasteiger partial charge in [-0.25, -0.2) is 14.1 Å². The minimum atomic E-state index is -0.543. The lowest BCUT2D eigenvalue weighted by atomic mass is 10.0. The number of hydrogen-bond donors (Lipinski definition) is 2. The molecule has 0 radical (unpaired) electrons. The molecular formula is C22H20FN7O. The Bertz CT molecular complexity index is 1230. The van der Waals surface area contributed by atoms with E-state index in [1.165, 1.54) is 12.1 Å². The summed E-state index contributed by atoms with van der Waals surface area (Å²) in [6.45, 7) is 1.82. The summed E-state index contributed by atoms with van der Waals surface area (Å²) < 4.78 is 16.3. The Balaban J connectivity index is 1.63. The molecule has 156 valence electrons. The number of aromatic nitrogens is 3. The number of anilines is 1. The van der Waals surface area contributed by atoms with Gasteiger partial charge in [0, 0.05) is 31.4 Å². The molecule has 1 fully saturated rings. The van der Waals surface area contributed by atoms with Crippen molar-refractivity contribution in [3.63, 3.8) is 0 Å². The fourth-order valence-corrected chi connectivity index (χ4v) is 4.23. The average Bonchev–Trinajstić information content (AvgIpc) is 3.40. The minimum absolute atomic E-state index is 0.104. The highest BCUT2D eigenvalue weighted by molar-refractivity contribution is 6.01. The Hall–Kier alpha value is -3.77. The van der Waals surface area contributed by atoms with E-state index in [4.69, 9.17) is 5.73 Å². The summed E-state index contributed by atoms with van der Waals surface area (Å²) >= 11 is 0. The first kappa shape index (κ1) is 19.2. The van der Waals surface area contributed by atoms with Gasteiger partial charge in [0.05, 0.1) is 46.4 Å². The number of pyridine rings is 1. The van der Waals surface area contributed by atoms with E-state index in [1.54, 1.807) is 23.0 Å². The van der Waals surface area contributed by atoms with Gasteiger partial charge >= 0.3 is 0 Å². The van der Waals surface area contributed by atoms with Crippen LogP contribution in [0, 0.1) is 17.1 Å². The minimum Gasteiger partial charge on any atom is -0.354 e. The first-order chi connectivity index (χ1) is 15.0. The van der Waals surface area contributed by atoms with Gasteiger partial charge in [-0.1, -0.05) is 6.07 Å². The Morgan fingerprint density at radius 1 is 1.29 bits per heavy atom. The molecule has 0 unspecified atom stereocenters. The van der Waals surface area contributed by atoms with Gasteiger partial charge in [0.2, 0.25) is 0 Å². The normalized spacial score (nSPS) is 17.9. The second-order valence-electron chi connectivity index (χ2n) is 7.77. The number of nitrogens with two attached hydrogens (primary N) is 1. The first-order valence-electron chi connectivity index (χ1n) is 10.1. The molecule has 2 aromatic heterocycles.